The highest BCUT2D eigenvalue weighted by molar-refractivity contribution is 7.89. The smallest absolute Gasteiger partial charge is 0.241 e. The number of aryl methyl sites for hydroxylation is 1. The van der Waals surface area contributed by atoms with Crippen molar-refractivity contribution in [3.8, 4) is 0 Å². The third kappa shape index (κ3) is 4.65. The molecule has 1 heterocycles. The zero-order valence-electron chi connectivity index (χ0n) is 15.5. The lowest BCUT2D eigenvalue weighted by molar-refractivity contribution is -0.117. The standard InChI is InChI=1S/C19H27N3O3S.ClH/c1-12-6-7-15(11-18(12)26(24,25)22-14-8-9-14)20-19(23)17-10-13-4-2-3-5-16(13)21-17;/h6-7,11,13-14,16-17,21-22H,2-5,8-10H2,1H3,(H,20,23);1H. The Morgan fingerprint density at radius 1 is 1.15 bits per heavy atom. The highest BCUT2D eigenvalue weighted by Crippen LogP contribution is 2.33. The van der Waals surface area contributed by atoms with Crippen molar-refractivity contribution in [2.45, 2.75) is 74.9 Å². The molecule has 27 heavy (non-hydrogen) atoms. The summed E-state index contributed by atoms with van der Waals surface area (Å²) in [7, 11) is -3.54. The Morgan fingerprint density at radius 2 is 1.89 bits per heavy atom. The predicted octanol–water partition coefficient (Wildman–Crippen LogP) is 2.72. The van der Waals surface area contributed by atoms with Crippen LogP contribution in [-0.4, -0.2) is 32.5 Å². The van der Waals surface area contributed by atoms with E-state index in [0.717, 1.165) is 25.7 Å². The molecule has 0 spiro atoms. The van der Waals surface area contributed by atoms with Crippen LogP contribution in [0.4, 0.5) is 5.69 Å². The van der Waals surface area contributed by atoms with Gasteiger partial charge in [-0.2, -0.15) is 0 Å². The van der Waals surface area contributed by atoms with Crippen molar-refractivity contribution in [3.05, 3.63) is 23.8 Å². The molecular weight excluding hydrogens is 386 g/mol. The molecule has 3 N–H and O–H groups in total. The number of nitrogens with one attached hydrogen (secondary N) is 3. The lowest BCUT2D eigenvalue weighted by Gasteiger charge is -2.24. The second-order valence-electron chi connectivity index (χ2n) is 7.97. The molecule has 6 nitrogen and oxygen atoms in total. The SMILES string of the molecule is Cc1ccc(NC(=O)C2CC3CCCCC3N2)cc1S(=O)(=O)NC1CC1.Cl. The Kier molecular flexibility index (Phi) is 6.15. The maximum Gasteiger partial charge on any atom is 0.241 e. The summed E-state index contributed by atoms with van der Waals surface area (Å²) in [5.41, 5.74) is 1.22. The van der Waals surface area contributed by atoms with Crippen molar-refractivity contribution < 1.29 is 13.2 Å². The fraction of sp³-hybridized carbons (Fsp3) is 0.632. The first kappa shape index (κ1) is 20.6. The lowest BCUT2D eigenvalue weighted by Crippen LogP contribution is -2.39. The number of anilines is 1. The van der Waals surface area contributed by atoms with Crippen LogP contribution in [0.5, 0.6) is 0 Å². The average Bonchev–Trinajstić information content (AvgIpc) is 3.29. The minimum Gasteiger partial charge on any atom is -0.325 e. The van der Waals surface area contributed by atoms with Gasteiger partial charge in [-0.25, -0.2) is 13.1 Å². The number of hydrogen-bond acceptors (Lipinski definition) is 4. The zero-order chi connectivity index (χ0) is 18.3. The molecule has 1 aromatic rings. The quantitative estimate of drug-likeness (QED) is 0.692. The van der Waals surface area contributed by atoms with Gasteiger partial charge in [0.15, 0.2) is 0 Å². The summed E-state index contributed by atoms with van der Waals surface area (Å²) in [5, 5.41) is 6.37. The molecule has 0 aromatic heterocycles. The molecule has 0 radical (unpaired) electrons. The van der Waals surface area contributed by atoms with Gasteiger partial charge in [0.05, 0.1) is 10.9 Å². The van der Waals surface area contributed by atoms with E-state index < -0.39 is 10.0 Å². The molecular formula is C19H28ClN3O3S. The molecule has 2 aliphatic carbocycles. The normalized spacial score (nSPS) is 27.5. The highest BCUT2D eigenvalue weighted by Gasteiger charge is 2.38. The molecule has 3 aliphatic rings. The van der Waals surface area contributed by atoms with Crippen LogP contribution in [0.15, 0.2) is 23.1 Å². The van der Waals surface area contributed by atoms with E-state index in [0.29, 0.717) is 23.2 Å². The Labute approximate surface area is 167 Å². The molecule has 1 amide bonds. The fourth-order valence-corrected chi connectivity index (χ4v) is 5.78. The molecule has 3 fully saturated rings. The fourth-order valence-electron chi connectivity index (χ4n) is 4.20. The molecule has 3 unspecified atom stereocenters. The molecule has 1 saturated heterocycles. The highest BCUT2D eigenvalue weighted by atomic mass is 35.5. The minimum atomic E-state index is -3.54. The second-order valence-corrected chi connectivity index (χ2v) is 9.65. The largest absolute Gasteiger partial charge is 0.325 e. The summed E-state index contributed by atoms with van der Waals surface area (Å²) in [6, 6.07) is 5.42. The summed E-state index contributed by atoms with van der Waals surface area (Å²) in [6.45, 7) is 1.77. The molecule has 3 atom stereocenters. The first-order chi connectivity index (χ1) is 12.4. The van der Waals surface area contributed by atoms with Crippen molar-refractivity contribution in [1.29, 1.82) is 0 Å². The van der Waals surface area contributed by atoms with Crippen LogP contribution in [0.3, 0.4) is 0 Å². The third-order valence-corrected chi connectivity index (χ3v) is 7.49. The minimum absolute atomic E-state index is 0. The van der Waals surface area contributed by atoms with Gasteiger partial charge in [-0.3, -0.25) is 4.79 Å². The predicted molar refractivity (Wildman–Crippen MR) is 108 cm³/mol. The topological polar surface area (TPSA) is 87.3 Å². The number of halogens is 1. The Morgan fingerprint density at radius 3 is 2.59 bits per heavy atom. The van der Waals surface area contributed by atoms with Gasteiger partial charge in [0, 0.05) is 17.8 Å². The van der Waals surface area contributed by atoms with Crippen LogP contribution in [0.2, 0.25) is 0 Å². The van der Waals surface area contributed by atoms with Crippen LogP contribution < -0.4 is 15.4 Å². The maximum atomic E-state index is 12.7. The van der Waals surface area contributed by atoms with E-state index in [1.54, 1.807) is 25.1 Å². The van der Waals surface area contributed by atoms with Gasteiger partial charge >= 0.3 is 0 Å². The van der Waals surface area contributed by atoms with Gasteiger partial charge in [-0.1, -0.05) is 18.9 Å². The van der Waals surface area contributed by atoms with E-state index in [-0.39, 0.29) is 35.3 Å². The molecule has 1 aromatic carbocycles. The van der Waals surface area contributed by atoms with Gasteiger partial charge in [0.1, 0.15) is 0 Å². The second kappa shape index (κ2) is 8.07. The number of benzene rings is 1. The van der Waals surface area contributed by atoms with Gasteiger partial charge in [0.2, 0.25) is 15.9 Å². The number of hydrogen-bond donors (Lipinski definition) is 3. The molecule has 2 saturated carbocycles. The van der Waals surface area contributed by atoms with Crippen LogP contribution in [0.25, 0.3) is 0 Å². The number of carbonyl (C=O) groups is 1. The van der Waals surface area contributed by atoms with Crippen molar-refractivity contribution >= 4 is 34.0 Å². The summed E-state index contributed by atoms with van der Waals surface area (Å²) < 4.78 is 27.8. The van der Waals surface area contributed by atoms with Crippen molar-refractivity contribution in [2.24, 2.45) is 5.92 Å². The van der Waals surface area contributed by atoms with E-state index >= 15 is 0 Å². The van der Waals surface area contributed by atoms with Crippen LogP contribution in [0.1, 0.15) is 50.5 Å². The van der Waals surface area contributed by atoms with Crippen molar-refractivity contribution in [1.82, 2.24) is 10.0 Å². The Hall–Kier alpha value is -1.15. The van der Waals surface area contributed by atoms with Crippen LogP contribution in [0, 0.1) is 12.8 Å². The monoisotopic (exact) mass is 413 g/mol. The van der Waals surface area contributed by atoms with E-state index in [9.17, 15) is 13.2 Å². The molecule has 0 bridgehead atoms. The van der Waals surface area contributed by atoms with Gasteiger partial charge in [-0.05, 0) is 62.6 Å². The Balaban J connectivity index is 0.00000210. The lowest BCUT2D eigenvalue weighted by atomic mass is 9.85. The first-order valence-corrected chi connectivity index (χ1v) is 11.1. The number of carbonyl (C=O) groups excluding carboxylic acids is 1. The average molecular weight is 414 g/mol. The van der Waals surface area contributed by atoms with E-state index in [2.05, 4.69) is 15.4 Å². The van der Waals surface area contributed by atoms with Gasteiger partial charge < -0.3 is 10.6 Å². The summed E-state index contributed by atoms with van der Waals surface area (Å²) in [6.07, 6.45) is 7.49. The summed E-state index contributed by atoms with van der Waals surface area (Å²) >= 11 is 0. The molecule has 1 aliphatic heterocycles. The van der Waals surface area contributed by atoms with Crippen molar-refractivity contribution in [2.75, 3.05) is 5.32 Å². The van der Waals surface area contributed by atoms with Gasteiger partial charge in [-0.15, -0.1) is 12.4 Å². The zero-order valence-corrected chi connectivity index (χ0v) is 17.2. The first-order valence-electron chi connectivity index (χ1n) is 9.62. The molecule has 4 rings (SSSR count). The van der Waals surface area contributed by atoms with E-state index in [1.165, 1.54) is 19.3 Å². The molecule has 8 heteroatoms. The van der Waals surface area contributed by atoms with Crippen LogP contribution in [-0.2, 0) is 14.8 Å². The van der Waals surface area contributed by atoms with Crippen LogP contribution >= 0.6 is 12.4 Å². The number of rotatable bonds is 5. The number of sulfonamides is 1. The van der Waals surface area contributed by atoms with Gasteiger partial charge in [0.25, 0.3) is 0 Å². The third-order valence-electron chi connectivity index (χ3n) is 5.82. The van der Waals surface area contributed by atoms with E-state index in [1.807, 2.05) is 0 Å². The number of fused-ring (bicyclic) bond motifs is 1. The summed E-state index contributed by atoms with van der Waals surface area (Å²) in [4.78, 5) is 12.9. The molecule has 150 valence electrons. The van der Waals surface area contributed by atoms with E-state index in [4.69, 9.17) is 0 Å². The van der Waals surface area contributed by atoms with Crippen molar-refractivity contribution in [3.63, 3.8) is 0 Å². The summed E-state index contributed by atoms with van der Waals surface area (Å²) in [5.74, 6) is 0.526. The number of amides is 1. The Bertz CT molecular complexity index is 796. The maximum absolute atomic E-state index is 12.7.